The van der Waals surface area contributed by atoms with Gasteiger partial charge in [-0.1, -0.05) is 0 Å². The lowest BCUT2D eigenvalue weighted by Gasteiger charge is -2.27. The van der Waals surface area contributed by atoms with Crippen molar-refractivity contribution in [3.05, 3.63) is 0 Å². The van der Waals surface area contributed by atoms with Crippen LogP contribution < -0.4 is 0 Å². The first kappa shape index (κ1) is 12.8. The van der Waals surface area contributed by atoms with E-state index in [2.05, 4.69) is 0 Å². The summed E-state index contributed by atoms with van der Waals surface area (Å²) in [5, 5.41) is 0. The summed E-state index contributed by atoms with van der Waals surface area (Å²) < 4.78 is 24.3. The first-order chi connectivity index (χ1) is 7.21. The third-order valence-corrected chi connectivity index (χ3v) is 12.0. The molecule has 2 nitrogen and oxygen atoms in total. The van der Waals surface area contributed by atoms with Crippen LogP contribution in [0.5, 0.6) is 0 Å². The third kappa shape index (κ3) is 3.18. The first-order valence-corrected chi connectivity index (χ1v) is 10.8. The van der Waals surface area contributed by atoms with Crippen molar-refractivity contribution in [3.63, 3.8) is 0 Å². The molecule has 0 amide bonds. The Balaban J connectivity index is 2.03. The molecule has 0 radical (unpaired) electrons. The summed E-state index contributed by atoms with van der Waals surface area (Å²) >= 11 is 6.82. The van der Waals surface area contributed by atoms with Crippen LogP contribution in [0.4, 0.5) is 0 Å². The minimum atomic E-state index is -2.90. The maximum Gasteiger partial charge on any atom is 0.176 e. The highest BCUT2D eigenvalue weighted by molar-refractivity contribution is 8.23. The molecule has 0 saturated carbocycles. The van der Waals surface area contributed by atoms with E-state index in [1.165, 1.54) is 0 Å². The Morgan fingerprint density at radius 3 is 1.60 bits per heavy atom. The molecular weight excluding hydrogens is 288 g/mol. The zero-order valence-corrected chi connectivity index (χ0v) is 12.3. The van der Waals surface area contributed by atoms with Gasteiger partial charge in [-0.3, -0.25) is 0 Å². The van der Waals surface area contributed by atoms with E-state index >= 15 is 0 Å². The van der Waals surface area contributed by atoms with Crippen molar-refractivity contribution in [2.24, 2.45) is 0 Å². The smallest absolute Gasteiger partial charge is 0.176 e. The summed E-state index contributed by atoms with van der Waals surface area (Å²) in [6.45, 7) is 0. The van der Waals surface area contributed by atoms with Gasteiger partial charge in [0.05, 0.1) is 0 Å². The number of rotatable bonds is 2. The molecule has 15 heavy (non-hydrogen) atoms. The van der Waals surface area contributed by atoms with Crippen LogP contribution in [0.3, 0.4) is 0 Å². The van der Waals surface area contributed by atoms with E-state index in [1.54, 1.807) is 47.0 Å². The fourth-order valence-corrected chi connectivity index (χ4v) is 11.3. The van der Waals surface area contributed by atoms with E-state index in [0.29, 0.717) is 0 Å². The van der Waals surface area contributed by atoms with Gasteiger partial charge in [-0.25, -0.2) is 8.42 Å². The minimum Gasteiger partial charge on any atom is -0.226 e. The molecule has 2 fully saturated rings. The number of sulfone groups is 1. The molecule has 2 saturated heterocycles. The molecule has 0 bridgehead atoms. The van der Waals surface area contributed by atoms with Crippen molar-refractivity contribution in [3.8, 4) is 0 Å². The van der Waals surface area contributed by atoms with Crippen molar-refractivity contribution >= 4 is 56.9 Å². The Morgan fingerprint density at radius 2 is 1.27 bits per heavy atom. The molecular formula is C8H14O2S5. The molecule has 2 unspecified atom stereocenters. The van der Waals surface area contributed by atoms with E-state index in [1.807, 2.05) is 0 Å². The van der Waals surface area contributed by atoms with Gasteiger partial charge >= 0.3 is 0 Å². The van der Waals surface area contributed by atoms with Gasteiger partial charge in [-0.05, 0) is 0 Å². The Hall–Kier alpha value is 1.35. The van der Waals surface area contributed by atoms with Gasteiger partial charge in [0.1, 0.15) is 9.16 Å². The van der Waals surface area contributed by atoms with Crippen LogP contribution in [0.2, 0.25) is 0 Å². The molecule has 0 spiro atoms. The van der Waals surface area contributed by atoms with E-state index in [9.17, 15) is 8.42 Å². The molecule has 0 aromatic heterocycles. The SMILES string of the molecule is O=S(=O)(C1CSCCS1)C1CSCCS1. The van der Waals surface area contributed by atoms with Crippen molar-refractivity contribution in [2.75, 3.05) is 34.5 Å². The standard InChI is InChI=1S/C8H14O2S5/c9-15(10,7-5-11-1-3-13-7)8-6-12-2-4-14-8/h7-8H,1-6H2. The molecule has 88 valence electrons. The Kier molecular flexibility index (Phi) is 4.95. The minimum absolute atomic E-state index is 0.146. The van der Waals surface area contributed by atoms with Crippen LogP contribution in [0.1, 0.15) is 0 Å². The molecule has 2 rings (SSSR count). The van der Waals surface area contributed by atoms with E-state index in [-0.39, 0.29) is 9.16 Å². The highest BCUT2D eigenvalue weighted by atomic mass is 32.3. The lowest BCUT2D eigenvalue weighted by molar-refractivity contribution is 0.594. The van der Waals surface area contributed by atoms with Crippen LogP contribution in [0.15, 0.2) is 0 Å². The average Bonchev–Trinajstić information content (AvgIpc) is 2.31. The van der Waals surface area contributed by atoms with E-state index in [4.69, 9.17) is 0 Å². The van der Waals surface area contributed by atoms with Crippen LogP contribution in [-0.2, 0) is 9.84 Å². The van der Waals surface area contributed by atoms with Gasteiger partial charge in [0, 0.05) is 34.5 Å². The zero-order valence-electron chi connectivity index (χ0n) is 8.26. The Morgan fingerprint density at radius 1 is 0.800 bits per heavy atom. The van der Waals surface area contributed by atoms with Crippen molar-refractivity contribution in [1.29, 1.82) is 0 Å². The maximum atomic E-state index is 12.3. The quantitative estimate of drug-likeness (QED) is 0.776. The van der Waals surface area contributed by atoms with Gasteiger partial charge in [0.25, 0.3) is 0 Å². The second-order valence-electron chi connectivity index (χ2n) is 3.34. The zero-order chi connectivity index (χ0) is 10.7. The number of hydrogen-bond donors (Lipinski definition) is 0. The molecule has 0 N–H and O–H groups in total. The van der Waals surface area contributed by atoms with Gasteiger partial charge in [-0.15, -0.1) is 23.5 Å². The monoisotopic (exact) mass is 302 g/mol. The predicted molar refractivity (Wildman–Crippen MR) is 76.1 cm³/mol. The number of hydrogen-bond acceptors (Lipinski definition) is 6. The van der Waals surface area contributed by atoms with Gasteiger partial charge in [0.2, 0.25) is 0 Å². The van der Waals surface area contributed by atoms with Crippen LogP contribution in [0.25, 0.3) is 0 Å². The lowest BCUT2D eigenvalue weighted by atomic mass is 10.9. The van der Waals surface area contributed by atoms with Crippen LogP contribution in [-0.4, -0.2) is 52.1 Å². The molecule has 2 atom stereocenters. The largest absolute Gasteiger partial charge is 0.226 e. The van der Waals surface area contributed by atoms with Crippen LogP contribution >= 0.6 is 47.0 Å². The molecule has 2 aliphatic rings. The fraction of sp³-hybridized carbons (Fsp3) is 1.00. The molecule has 7 heteroatoms. The summed E-state index contributed by atoms with van der Waals surface area (Å²) in [5.74, 6) is 5.74. The Bertz CT molecular complexity index is 266. The van der Waals surface area contributed by atoms with E-state index < -0.39 is 9.84 Å². The highest BCUT2D eigenvalue weighted by Crippen LogP contribution is 2.36. The summed E-state index contributed by atoms with van der Waals surface area (Å²) in [6, 6.07) is 0. The maximum absolute atomic E-state index is 12.3. The van der Waals surface area contributed by atoms with E-state index in [0.717, 1.165) is 34.5 Å². The van der Waals surface area contributed by atoms with Gasteiger partial charge in [0.15, 0.2) is 9.84 Å². The summed E-state index contributed by atoms with van der Waals surface area (Å²) in [4.78, 5) is 0. The second kappa shape index (κ2) is 5.80. The van der Waals surface area contributed by atoms with Gasteiger partial charge < -0.3 is 0 Å². The normalized spacial score (nSPS) is 33.9. The van der Waals surface area contributed by atoms with Crippen LogP contribution in [0, 0.1) is 0 Å². The van der Waals surface area contributed by atoms with Crippen molar-refractivity contribution in [2.45, 2.75) is 9.16 Å². The van der Waals surface area contributed by atoms with Crippen molar-refractivity contribution in [1.82, 2.24) is 0 Å². The van der Waals surface area contributed by atoms with Crippen molar-refractivity contribution < 1.29 is 8.42 Å². The number of thioether (sulfide) groups is 4. The molecule has 0 aliphatic carbocycles. The first-order valence-electron chi connectivity index (χ1n) is 4.82. The average molecular weight is 303 g/mol. The molecule has 0 aromatic carbocycles. The summed E-state index contributed by atoms with van der Waals surface area (Å²) in [7, 11) is -2.90. The molecule has 2 heterocycles. The third-order valence-electron chi connectivity index (χ3n) is 2.30. The predicted octanol–water partition coefficient (Wildman–Crippen LogP) is 2.01. The summed E-state index contributed by atoms with van der Waals surface area (Å²) in [5.41, 5.74) is 0. The molecule has 2 aliphatic heterocycles. The topological polar surface area (TPSA) is 34.1 Å². The second-order valence-corrected chi connectivity index (χ2v) is 11.2. The Labute approximate surface area is 108 Å². The van der Waals surface area contributed by atoms with Gasteiger partial charge in [-0.2, -0.15) is 23.5 Å². The lowest BCUT2D eigenvalue weighted by Crippen LogP contribution is -2.35. The highest BCUT2D eigenvalue weighted by Gasteiger charge is 2.36. The summed E-state index contributed by atoms with van der Waals surface area (Å²) in [6.07, 6.45) is 0. The fourth-order valence-electron chi connectivity index (χ4n) is 1.48. The molecule has 0 aromatic rings.